The summed E-state index contributed by atoms with van der Waals surface area (Å²) in [4.78, 5) is 0. The molecule has 0 saturated heterocycles. The van der Waals surface area contributed by atoms with E-state index >= 15 is 0 Å². The third-order valence-electron chi connectivity index (χ3n) is 8.67. The molecule has 1 radical (unpaired) electrons. The molecule has 0 saturated carbocycles. The second-order valence-corrected chi connectivity index (χ2v) is 16.3. The standard InChI is InChI=1S/C19H19.C17H19NSi.2ClH.Zr/c1-3-5-15-8-10-16(11-9-15)18-7-4-6-17-12-14(2)13-19(17)18;1-11-10-14-15(17-12(2)16(14)19(17,3)4)18(11)13-8-6-5-7-9-13;;;/h4,6-13H,3,5H2,1-2H3;5-10,16H,1-4H3;2*1H;/q-1;;;;+3/p-2. The fourth-order valence-electron chi connectivity index (χ4n) is 7.20. The molecule has 41 heavy (non-hydrogen) atoms. The molecule has 8 rings (SSSR count). The van der Waals surface area contributed by atoms with Crippen molar-refractivity contribution >= 4 is 24.0 Å². The minimum absolute atomic E-state index is 0. The number of fused-ring (bicyclic) bond motifs is 1. The van der Waals surface area contributed by atoms with Crippen molar-refractivity contribution in [1.82, 2.24) is 4.57 Å². The first-order valence-corrected chi connectivity index (χ1v) is 17.1. The predicted molar refractivity (Wildman–Crippen MR) is 167 cm³/mol. The number of para-hydroxylation sites is 1. The van der Waals surface area contributed by atoms with Gasteiger partial charge >= 0.3 is 26.2 Å². The van der Waals surface area contributed by atoms with Crippen LogP contribution < -0.4 is 24.8 Å². The van der Waals surface area contributed by atoms with Crippen molar-refractivity contribution in [3.63, 3.8) is 0 Å². The number of benzene rings is 3. The number of nitrogens with zero attached hydrogens (tertiary/aromatic N) is 1. The summed E-state index contributed by atoms with van der Waals surface area (Å²) in [6.07, 6.45) is 2.37. The van der Waals surface area contributed by atoms with Crippen LogP contribution in [0.15, 0.2) is 96.6 Å². The Hall–Kier alpha value is -2.03. The summed E-state index contributed by atoms with van der Waals surface area (Å²) in [5.74, 6) is 0. The molecule has 1 atom stereocenters. The van der Waals surface area contributed by atoms with E-state index in [-0.39, 0.29) is 51.0 Å². The van der Waals surface area contributed by atoms with Crippen LogP contribution >= 0.6 is 0 Å². The second kappa shape index (κ2) is 13.1. The van der Waals surface area contributed by atoms with Gasteiger partial charge in [0.1, 0.15) is 0 Å². The van der Waals surface area contributed by atoms with E-state index in [2.05, 4.69) is 136 Å². The fraction of sp³-hybridized carbons (Fsp3) is 0.250. The van der Waals surface area contributed by atoms with Crippen molar-refractivity contribution < 1.29 is 51.0 Å². The molecule has 209 valence electrons. The number of aryl methyl sites for hydroxylation is 3. The Kier molecular flexibility index (Phi) is 10.7. The van der Waals surface area contributed by atoms with Gasteiger partial charge in [-0.1, -0.05) is 93.0 Å². The minimum atomic E-state index is -1.19. The molecule has 2 bridgehead atoms. The summed E-state index contributed by atoms with van der Waals surface area (Å²) in [5, 5.41) is 4.42. The van der Waals surface area contributed by atoms with E-state index in [1.807, 2.05) is 0 Å². The molecular weight excluding hydrogens is 637 g/mol. The van der Waals surface area contributed by atoms with Gasteiger partial charge in [0.25, 0.3) is 0 Å². The van der Waals surface area contributed by atoms with Crippen LogP contribution in [0.4, 0.5) is 0 Å². The van der Waals surface area contributed by atoms with Gasteiger partial charge in [0, 0.05) is 22.6 Å². The third-order valence-corrected chi connectivity index (χ3v) is 12.8. The molecule has 1 unspecified atom stereocenters. The number of allylic oxidation sites excluding steroid dienone is 1. The van der Waals surface area contributed by atoms with Gasteiger partial charge in [-0.2, -0.15) is 6.07 Å². The molecule has 3 aliphatic rings. The van der Waals surface area contributed by atoms with Gasteiger partial charge in [-0.3, -0.25) is 0 Å². The molecule has 0 N–H and O–H groups in total. The average molecular weight is 675 g/mol. The van der Waals surface area contributed by atoms with Crippen molar-refractivity contribution in [2.24, 2.45) is 0 Å². The van der Waals surface area contributed by atoms with E-state index in [9.17, 15) is 0 Å². The Bertz CT molecular complexity index is 1680. The largest absolute Gasteiger partial charge is 3.00 e. The summed E-state index contributed by atoms with van der Waals surface area (Å²) >= 11 is 0. The molecular formula is C36H38Cl2NSiZr. The van der Waals surface area contributed by atoms with Crippen LogP contribution in [0.5, 0.6) is 0 Å². The average Bonchev–Trinajstić information content (AvgIpc) is 3.58. The zero-order valence-electron chi connectivity index (χ0n) is 24.9. The van der Waals surface area contributed by atoms with Gasteiger partial charge in [0.2, 0.25) is 0 Å². The molecule has 3 heterocycles. The maximum Gasteiger partial charge on any atom is 3.00 e. The van der Waals surface area contributed by atoms with Crippen molar-refractivity contribution in [2.45, 2.75) is 59.2 Å². The van der Waals surface area contributed by atoms with Crippen LogP contribution in [0, 0.1) is 13.8 Å². The summed E-state index contributed by atoms with van der Waals surface area (Å²) < 4.78 is 2.47. The zero-order chi connectivity index (χ0) is 26.6. The maximum absolute atomic E-state index is 2.52. The predicted octanol–water partition coefficient (Wildman–Crippen LogP) is 3.95. The van der Waals surface area contributed by atoms with Crippen molar-refractivity contribution in [2.75, 3.05) is 0 Å². The normalized spacial score (nSPS) is 15.5. The summed E-state index contributed by atoms with van der Waals surface area (Å²) in [7, 11) is -1.19. The SMILES string of the molecule is CC1=C2c3c(cc(C)n3-c3ccccc3)C1[Si]2(C)C.CCCc1ccc(-c2cccc3[cH-]c(C)cc23)cc1.[Cl-].[Cl-].[Zr+3]. The Morgan fingerprint density at radius 2 is 1.51 bits per heavy atom. The maximum atomic E-state index is 2.52. The molecule has 1 nitrogen and oxygen atoms in total. The van der Waals surface area contributed by atoms with E-state index in [0.29, 0.717) is 0 Å². The van der Waals surface area contributed by atoms with Crippen molar-refractivity contribution in [1.29, 1.82) is 0 Å². The van der Waals surface area contributed by atoms with E-state index in [4.69, 9.17) is 0 Å². The molecule has 5 aromatic rings. The Morgan fingerprint density at radius 1 is 0.829 bits per heavy atom. The summed E-state index contributed by atoms with van der Waals surface area (Å²) in [5.41, 5.74) is 13.7. The number of rotatable bonds is 4. The van der Waals surface area contributed by atoms with Gasteiger partial charge in [-0.05, 0) is 60.4 Å². The minimum Gasteiger partial charge on any atom is -1.00 e. The Morgan fingerprint density at radius 3 is 2.15 bits per heavy atom. The van der Waals surface area contributed by atoms with Gasteiger partial charge in [-0.15, -0.1) is 34.5 Å². The quantitative estimate of drug-likeness (QED) is 0.201. The molecule has 5 heteroatoms. The van der Waals surface area contributed by atoms with Crippen LogP contribution in [0.3, 0.4) is 0 Å². The van der Waals surface area contributed by atoms with Crippen LogP contribution in [-0.2, 0) is 32.6 Å². The van der Waals surface area contributed by atoms with Crippen molar-refractivity contribution in [3.05, 3.63) is 125 Å². The van der Waals surface area contributed by atoms with Crippen molar-refractivity contribution in [3.8, 4) is 16.8 Å². The first kappa shape index (κ1) is 33.5. The monoisotopic (exact) mass is 672 g/mol. The number of aromatic nitrogens is 1. The summed E-state index contributed by atoms with van der Waals surface area (Å²) in [6.45, 7) is 14.0. The fourth-order valence-corrected chi connectivity index (χ4v) is 11.5. The molecule has 2 aliphatic heterocycles. The smallest absolute Gasteiger partial charge is 1.00 e. The van der Waals surface area contributed by atoms with E-state index in [0.717, 1.165) is 5.54 Å². The Labute approximate surface area is 278 Å². The van der Waals surface area contributed by atoms with E-state index in [1.54, 1.807) is 16.3 Å². The molecule has 1 aromatic heterocycles. The van der Waals surface area contributed by atoms with Gasteiger partial charge < -0.3 is 29.4 Å². The molecule has 4 aromatic carbocycles. The van der Waals surface area contributed by atoms with E-state index < -0.39 is 8.07 Å². The second-order valence-electron chi connectivity index (χ2n) is 11.8. The molecule has 0 spiro atoms. The van der Waals surface area contributed by atoms with Gasteiger partial charge in [-0.25, -0.2) is 0 Å². The molecule has 0 fully saturated rings. The van der Waals surface area contributed by atoms with Gasteiger partial charge in [0.15, 0.2) is 0 Å². The van der Waals surface area contributed by atoms with Gasteiger partial charge in [0.05, 0.1) is 8.07 Å². The van der Waals surface area contributed by atoms with E-state index in [1.165, 1.54) is 62.9 Å². The van der Waals surface area contributed by atoms with Crippen LogP contribution in [0.1, 0.15) is 53.9 Å². The molecule has 1 aliphatic carbocycles. The number of halogens is 2. The number of hydrogen-bond donors (Lipinski definition) is 0. The van der Waals surface area contributed by atoms with Crippen LogP contribution in [0.2, 0.25) is 13.1 Å². The zero-order valence-corrected chi connectivity index (χ0v) is 29.8. The van der Waals surface area contributed by atoms with Crippen LogP contribution in [-0.4, -0.2) is 12.6 Å². The topological polar surface area (TPSA) is 4.93 Å². The van der Waals surface area contributed by atoms with Crippen LogP contribution in [0.25, 0.3) is 32.8 Å². The molecule has 0 amide bonds. The third kappa shape index (κ3) is 5.68. The first-order chi connectivity index (χ1) is 18.3. The number of hydrogen-bond acceptors (Lipinski definition) is 0. The first-order valence-electron chi connectivity index (χ1n) is 14.1. The Balaban J connectivity index is 0.000000210. The summed E-state index contributed by atoms with van der Waals surface area (Å²) in [6, 6.07) is 33.3.